The minimum absolute atomic E-state index is 0.972. The van der Waals surface area contributed by atoms with E-state index in [-0.39, 0.29) is 0 Å². The fourth-order valence-electron chi connectivity index (χ4n) is 2.11. The van der Waals surface area contributed by atoms with Gasteiger partial charge in [0.15, 0.2) is 11.9 Å². The third-order valence-electron chi connectivity index (χ3n) is 3.15. The summed E-state index contributed by atoms with van der Waals surface area (Å²) in [7, 11) is 0. The number of unbranched alkanes of at least 4 members (excludes halogenated alkanes) is 5. The smallest absolute Gasteiger partial charge is 0.181 e. The Hall–Kier alpha value is -1.38. The molecule has 3 nitrogen and oxygen atoms in total. The summed E-state index contributed by atoms with van der Waals surface area (Å²) < 4.78 is 2.40. The van der Waals surface area contributed by atoms with Gasteiger partial charge in [-0.25, -0.2) is 4.57 Å². The highest BCUT2D eigenvalue weighted by atomic mass is 16.4. The highest BCUT2D eigenvalue weighted by Crippen LogP contribution is 2.05. The van der Waals surface area contributed by atoms with Gasteiger partial charge in [-0.05, 0) is 13.3 Å². The molecule has 0 aliphatic heterocycles. The van der Waals surface area contributed by atoms with Gasteiger partial charge in [0.25, 0.3) is 0 Å². The molecule has 0 bridgehead atoms. The van der Waals surface area contributed by atoms with Crippen LogP contribution in [0.4, 0.5) is 0 Å². The van der Waals surface area contributed by atoms with Gasteiger partial charge < -0.3 is 9.90 Å². The average molecular weight is 279 g/mol. The quantitative estimate of drug-likeness (QED) is 0.542. The Bertz CT molecular complexity index is 360. The minimum atomic E-state index is -1.08. The number of rotatable bonds is 8. The van der Waals surface area contributed by atoms with Crippen LogP contribution in [0.15, 0.2) is 24.4 Å². The molecule has 0 aliphatic carbocycles. The topological polar surface area (TPSA) is 44.0 Å². The number of carbonyl (C=O) groups is 1. The van der Waals surface area contributed by atoms with E-state index in [0.29, 0.717) is 0 Å². The van der Waals surface area contributed by atoms with E-state index in [2.05, 4.69) is 42.8 Å². The lowest BCUT2D eigenvalue weighted by atomic mass is 10.1. The summed E-state index contributed by atoms with van der Waals surface area (Å²) in [5.74, 6) is -1.08. The second kappa shape index (κ2) is 12.6. The molecule has 0 atom stereocenters. The maximum absolute atomic E-state index is 8.89. The van der Waals surface area contributed by atoms with Crippen LogP contribution in [-0.4, -0.2) is 5.97 Å². The minimum Gasteiger partial charge on any atom is -0.550 e. The van der Waals surface area contributed by atoms with Crippen LogP contribution in [0, 0.1) is 0 Å². The Morgan fingerprint density at radius 3 is 2.30 bits per heavy atom. The van der Waals surface area contributed by atoms with Gasteiger partial charge in [0.05, 0.1) is 0 Å². The molecule has 0 aromatic carbocycles. The number of carboxylic acids is 1. The van der Waals surface area contributed by atoms with Gasteiger partial charge in [0.2, 0.25) is 0 Å². The van der Waals surface area contributed by atoms with Crippen LogP contribution in [0.2, 0.25) is 0 Å². The van der Waals surface area contributed by atoms with Gasteiger partial charge in [-0.15, -0.1) is 0 Å². The molecule has 0 amide bonds. The molecule has 0 N–H and O–H groups in total. The summed E-state index contributed by atoms with van der Waals surface area (Å²) >= 11 is 0. The fourth-order valence-corrected chi connectivity index (χ4v) is 2.11. The van der Waals surface area contributed by atoms with Crippen molar-refractivity contribution in [2.75, 3.05) is 0 Å². The zero-order chi connectivity index (χ0) is 15.2. The Kier molecular flexibility index (Phi) is 11.8. The van der Waals surface area contributed by atoms with Crippen molar-refractivity contribution in [1.29, 1.82) is 0 Å². The molecule has 114 valence electrons. The monoisotopic (exact) mass is 279 g/mol. The first-order valence-electron chi connectivity index (χ1n) is 7.76. The molecule has 0 spiro atoms. The zero-order valence-corrected chi connectivity index (χ0v) is 13.2. The van der Waals surface area contributed by atoms with Gasteiger partial charge in [0, 0.05) is 30.9 Å². The van der Waals surface area contributed by atoms with Crippen molar-refractivity contribution in [2.24, 2.45) is 0 Å². The van der Waals surface area contributed by atoms with Gasteiger partial charge in [-0.1, -0.05) is 45.6 Å². The normalized spacial score (nSPS) is 9.75. The number of aryl methyl sites for hydroxylation is 2. The van der Waals surface area contributed by atoms with Gasteiger partial charge >= 0.3 is 0 Å². The van der Waals surface area contributed by atoms with Crippen molar-refractivity contribution in [2.45, 2.75) is 72.3 Å². The largest absolute Gasteiger partial charge is 0.550 e. The summed E-state index contributed by atoms with van der Waals surface area (Å²) in [6.07, 6.45) is 11.6. The van der Waals surface area contributed by atoms with Gasteiger partial charge in [-0.3, -0.25) is 0 Å². The lowest BCUT2D eigenvalue weighted by Gasteiger charge is -2.02. The predicted octanol–water partition coefficient (Wildman–Crippen LogP) is 2.65. The van der Waals surface area contributed by atoms with E-state index >= 15 is 0 Å². The maximum Gasteiger partial charge on any atom is 0.181 e. The SMILES string of the molecule is CC(=O)[O-].CCCCCCCC[n+]1ccccc1CC. The number of aromatic nitrogens is 1. The van der Waals surface area contributed by atoms with E-state index in [1.54, 1.807) is 0 Å². The van der Waals surface area contributed by atoms with Gasteiger partial charge in [-0.2, -0.15) is 0 Å². The third-order valence-corrected chi connectivity index (χ3v) is 3.15. The van der Waals surface area contributed by atoms with E-state index in [1.807, 2.05) is 0 Å². The fraction of sp³-hybridized carbons (Fsp3) is 0.647. The highest BCUT2D eigenvalue weighted by molar-refractivity contribution is 5.60. The second-order valence-corrected chi connectivity index (χ2v) is 5.00. The molecular formula is C17H29NO2. The van der Waals surface area contributed by atoms with E-state index in [0.717, 1.165) is 13.3 Å². The number of nitrogens with zero attached hydrogens (tertiary/aromatic N) is 1. The standard InChI is InChI=1S/C15H26N.C2H4O2/c1-3-5-6-7-8-10-13-16-14-11-9-12-15(16)4-2;1-2(3)4/h9,11-12,14H,3-8,10,13H2,1-2H3;1H3,(H,3,4)/q+1;/p-1. The lowest BCUT2D eigenvalue weighted by molar-refractivity contribution is -0.704. The summed E-state index contributed by atoms with van der Waals surface area (Å²) in [5, 5.41) is 8.89. The van der Waals surface area contributed by atoms with Crippen molar-refractivity contribution in [3.63, 3.8) is 0 Å². The molecule has 0 radical (unpaired) electrons. The number of hydrogen-bond donors (Lipinski definition) is 0. The van der Waals surface area contributed by atoms with Crippen molar-refractivity contribution in [1.82, 2.24) is 0 Å². The van der Waals surface area contributed by atoms with Crippen LogP contribution < -0.4 is 9.67 Å². The second-order valence-electron chi connectivity index (χ2n) is 5.00. The predicted molar refractivity (Wildman–Crippen MR) is 80.1 cm³/mol. The summed E-state index contributed by atoms with van der Waals surface area (Å²) in [6, 6.07) is 6.50. The van der Waals surface area contributed by atoms with E-state index in [9.17, 15) is 0 Å². The number of pyridine rings is 1. The molecule has 20 heavy (non-hydrogen) atoms. The Labute approximate surface area is 123 Å². The highest BCUT2D eigenvalue weighted by Gasteiger charge is 2.05. The lowest BCUT2D eigenvalue weighted by Crippen LogP contribution is -2.37. The molecule has 1 rings (SSSR count). The summed E-state index contributed by atoms with van der Waals surface area (Å²) in [4.78, 5) is 8.89. The van der Waals surface area contributed by atoms with Crippen LogP contribution in [0.1, 0.15) is 65.0 Å². The first-order valence-corrected chi connectivity index (χ1v) is 7.76. The van der Waals surface area contributed by atoms with E-state index in [4.69, 9.17) is 9.90 Å². The van der Waals surface area contributed by atoms with Crippen molar-refractivity contribution < 1.29 is 14.5 Å². The first-order chi connectivity index (χ1) is 9.61. The van der Waals surface area contributed by atoms with Crippen LogP contribution >= 0.6 is 0 Å². The summed E-state index contributed by atoms with van der Waals surface area (Å²) in [5.41, 5.74) is 1.45. The van der Waals surface area contributed by atoms with Crippen LogP contribution in [0.25, 0.3) is 0 Å². The third kappa shape index (κ3) is 10.5. The summed E-state index contributed by atoms with van der Waals surface area (Å²) in [6.45, 7) is 6.66. The molecule has 1 aromatic rings. The van der Waals surface area contributed by atoms with Crippen molar-refractivity contribution in [3.8, 4) is 0 Å². The van der Waals surface area contributed by atoms with Crippen LogP contribution in [0.5, 0.6) is 0 Å². The van der Waals surface area contributed by atoms with Crippen LogP contribution in [-0.2, 0) is 17.8 Å². The van der Waals surface area contributed by atoms with Crippen molar-refractivity contribution >= 4 is 5.97 Å². The maximum atomic E-state index is 8.89. The molecule has 0 aliphatic rings. The molecule has 0 saturated heterocycles. The zero-order valence-electron chi connectivity index (χ0n) is 13.2. The van der Waals surface area contributed by atoms with Crippen LogP contribution in [0.3, 0.4) is 0 Å². The number of carboxylic acid groups (broad SMARTS) is 1. The first kappa shape index (κ1) is 18.6. The Morgan fingerprint density at radius 1 is 1.10 bits per heavy atom. The van der Waals surface area contributed by atoms with E-state index in [1.165, 1.54) is 50.8 Å². The van der Waals surface area contributed by atoms with E-state index < -0.39 is 5.97 Å². The average Bonchev–Trinajstić information content (AvgIpc) is 2.42. The molecule has 0 fully saturated rings. The Morgan fingerprint density at radius 2 is 1.70 bits per heavy atom. The number of hydrogen-bond acceptors (Lipinski definition) is 2. The molecule has 1 heterocycles. The Balaban J connectivity index is 0.000000796. The van der Waals surface area contributed by atoms with Crippen molar-refractivity contribution in [3.05, 3.63) is 30.1 Å². The molecule has 0 unspecified atom stereocenters. The number of aliphatic carboxylic acids is 1. The number of carbonyl (C=O) groups excluding carboxylic acids is 1. The molecular weight excluding hydrogens is 250 g/mol. The molecule has 0 saturated carbocycles. The molecule has 3 heteroatoms. The molecule has 1 aromatic heterocycles. The van der Waals surface area contributed by atoms with Gasteiger partial charge in [0.1, 0.15) is 6.54 Å².